The Bertz CT molecular complexity index is 814. The molecule has 0 bridgehead atoms. The van der Waals surface area contributed by atoms with Crippen molar-refractivity contribution in [2.24, 2.45) is 0 Å². The summed E-state index contributed by atoms with van der Waals surface area (Å²) in [5.41, 5.74) is -0.809. The molecular weight excluding hydrogens is 324 g/mol. The molecule has 2 heterocycles. The molecule has 0 aliphatic carbocycles. The number of fused-ring (bicyclic) bond motifs is 1. The van der Waals surface area contributed by atoms with Crippen LogP contribution in [0.15, 0.2) is 27.6 Å². The van der Waals surface area contributed by atoms with Crippen LogP contribution in [0.1, 0.15) is 6.92 Å². The first-order valence-corrected chi connectivity index (χ1v) is 7.13. The van der Waals surface area contributed by atoms with Crippen molar-refractivity contribution in [3.05, 3.63) is 28.6 Å². The Labute approximate surface area is 134 Å². The molecule has 1 saturated heterocycles. The molecular formula is C15H16O9. The first-order chi connectivity index (χ1) is 11.3. The van der Waals surface area contributed by atoms with Crippen molar-refractivity contribution < 1.29 is 39.4 Å². The smallest absolute Gasteiger partial charge is 0.238 e. The number of ether oxygens (including phenoxy) is 2. The van der Waals surface area contributed by atoms with E-state index in [-0.39, 0.29) is 22.5 Å². The normalized spacial score (nSPS) is 30.4. The van der Waals surface area contributed by atoms with Gasteiger partial charge in [-0.2, -0.15) is 0 Å². The number of hydrogen-bond donors (Lipinski definition) is 5. The lowest BCUT2D eigenvalue weighted by Gasteiger charge is -2.38. The van der Waals surface area contributed by atoms with Gasteiger partial charge in [0.05, 0.1) is 6.10 Å². The molecule has 0 radical (unpaired) electrons. The molecule has 5 N–H and O–H groups in total. The van der Waals surface area contributed by atoms with E-state index in [0.717, 1.165) is 18.4 Å². The number of hydrogen-bond acceptors (Lipinski definition) is 9. The van der Waals surface area contributed by atoms with Gasteiger partial charge in [0.1, 0.15) is 47.0 Å². The maximum absolute atomic E-state index is 12.4. The first-order valence-electron chi connectivity index (χ1n) is 7.13. The average molecular weight is 340 g/mol. The highest BCUT2D eigenvalue weighted by Gasteiger charge is 2.43. The number of phenols is 2. The number of aliphatic hydroxyl groups is 3. The minimum Gasteiger partial charge on any atom is -0.508 e. The third kappa shape index (κ3) is 2.67. The van der Waals surface area contributed by atoms with Gasteiger partial charge in [0, 0.05) is 12.1 Å². The SMILES string of the molecule is C[C@H]1O[C@@H](Oc2coc3cc(O)cc(O)c3c2=O)[C@@H](O)[C@@H](O)[C@@H]1O. The van der Waals surface area contributed by atoms with Crippen molar-refractivity contribution in [3.63, 3.8) is 0 Å². The molecule has 2 aromatic rings. The second-order valence-corrected chi connectivity index (χ2v) is 5.57. The van der Waals surface area contributed by atoms with E-state index in [1.165, 1.54) is 6.92 Å². The number of benzene rings is 1. The van der Waals surface area contributed by atoms with E-state index in [0.29, 0.717) is 0 Å². The Morgan fingerprint density at radius 2 is 1.79 bits per heavy atom. The fourth-order valence-corrected chi connectivity index (χ4v) is 2.52. The van der Waals surface area contributed by atoms with Crippen LogP contribution in [0.2, 0.25) is 0 Å². The van der Waals surface area contributed by atoms with Gasteiger partial charge in [-0.1, -0.05) is 0 Å². The quantitative estimate of drug-likeness (QED) is 0.483. The van der Waals surface area contributed by atoms with Gasteiger partial charge >= 0.3 is 0 Å². The van der Waals surface area contributed by atoms with Crippen LogP contribution in [-0.4, -0.2) is 56.2 Å². The molecule has 130 valence electrons. The summed E-state index contributed by atoms with van der Waals surface area (Å²) in [7, 11) is 0. The zero-order valence-corrected chi connectivity index (χ0v) is 12.5. The van der Waals surface area contributed by atoms with E-state index in [1.54, 1.807) is 0 Å². The molecule has 1 aromatic heterocycles. The van der Waals surface area contributed by atoms with Crippen LogP contribution >= 0.6 is 0 Å². The molecule has 0 amide bonds. The highest BCUT2D eigenvalue weighted by atomic mass is 16.7. The van der Waals surface area contributed by atoms with E-state index in [9.17, 15) is 30.3 Å². The number of rotatable bonds is 2. The summed E-state index contributed by atoms with van der Waals surface area (Å²) in [6, 6.07) is 2.12. The third-order valence-electron chi connectivity index (χ3n) is 3.86. The molecule has 1 aromatic carbocycles. The standard InChI is InChI=1S/C15H16O9/c1-5-11(18)13(20)14(21)15(23-5)24-9-4-22-8-3-6(16)2-7(17)10(8)12(9)19/h2-5,11,13-18,20-21H,1H3/t5-,11-,13+,14+,15+/m1/s1. The molecule has 5 atom stereocenters. The lowest BCUT2D eigenvalue weighted by atomic mass is 10.00. The lowest BCUT2D eigenvalue weighted by Crippen LogP contribution is -2.58. The van der Waals surface area contributed by atoms with Gasteiger partial charge in [-0.15, -0.1) is 0 Å². The number of phenolic OH excluding ortho intramolecular Hbond substituents is 2. The van der Waals surface area contributed by atoms with Crippen molar-refractivity contribution in [3.8, 4) is 17.2 Å². The van der Waals surface area contributed by atoms with Gasteiger partial charge in [0.25, 0.3) is 0 Å². The maximum atomic E-state index is 12.4. The lowest BCUT2D eigenvalue weighted by molar-refractivity contribution is -0.268. The fraction of sp³-hybridized carbons (Fsp3) is 0.400. The van der Waals surface area contributed by atoms with Gasteiger partial charge in [0.15, 0.2) is 0 Å². The van der Waals surface area contributed by atoms with Gasteiger partial charge in [-0.05, 0) is 6.92 Å². The molecule has 9 nitrogen and oxygen atoms in total. The minimum absolute atomic E-state index is 0.0567. The number of aliphatic hydroxyl groups excluding tert-OH is 3. The van der Waals surface area contributed by atoms with Crippen LogP contribution in [0.4, 0.5) is 0 Å². The van der Waals surface area contributed by atoms with Crippen molar-refractivity contribution >= 4 is 11.0 Å². The van der Waals surface area contributed by atoms with Gasteiger partial charge in [-0.25, -0.2) is 0 Å². The zero-order chi connectivity index (χ0) is 17.6. The van der Waals surface area contributed by atoms with Crippen LogP contribution < -0.4 is 10.2 Å². The van der Waals surface area contributed by atoms with Gasteiger partial charge in [0.2, 0.25) is 17.5 Å². The Morgan fingerprint density at radius 3 is 2.50 bits per heavy atom. The Hall–Kier alpha value is -2.33. The molecule has 0 spiro atoms. The zero-order valence-electron chi connectivity index (χ0n) is 12.5. The second kappa shape index (κ2) is 5.95. The van der Waals surface area contributed by atoms with Crippen molar-refractivity contribution in [1.29, 1.82) is 0 Å². The van der Waals surface area contributed by atoms with Crippen LogP contribution in [0, 0.1) is 0 Å². The summed E-state index contributed by atoms with van der Waals surface area (Å²) in [5, 5.41) is 48.3. The van der Waals surface area contributed by atoms with E-state index in [2.05, 4.69) is 0 Å². The Kier molecular flexibility index (Phi) is 4.10. The van der Waals surface area contributed by atoms with E-state index < -0.39 is 41.9 Å². The average Bonchev–Trinajstić information content (AvgIpc) is 2.52. The predicted octanol–water partition coefficient (Wildman–Crippen LogP) is -0.589. The molecule has 3 rings (SSSR count). The molecule has 1 aliphatic heterocycles. The highest BCUT2D eigenvalue weighted by molar-refractivity contribution is 5.85. The van der Waals surface area contributed by atoms with Gasteiger partial charge in [-0.3, -0.25) is 4.79 Å². The minimum atomic E-state index is -1.60. The molecule has 1 fully saturated rings. The number of aromatic hydroxyl groups is 2. The maximum Gasteiger partial charge on any atom is 0.238 e. The van der Waals surface area contributed by atoms with E-state index in [1.807, 2.05) is 0 Å². The largest absolute Gasteiger partial charge is 0.508 e. The monoisotopic (exact) mass is 340 g/mol. The van der Waals surface area contributed by atoms with Crippen LogP contribution in [-0.2, 0) is 4.74 Å². The van der Waals surface area contributed by atoms with E-state index in [4.69, 9.17) is 13.9 Å². The van der Waals surface area contributed by atoms with Crippen LogP contribution in [0.5, 0.6) is 17.2 Å². The summed E-state index contributed by atoms with van der Waals surface area (Å²) in [5.74, 6) is -1.16. The van der Waals surface area contributed by atoms with E-state index >= 15 is 0 Å². The molecule has 24 heavy (non-hydrogen) atoms. The Balaban J connectivity index is 1.96. The molecule has 0 saturated carbocycles. The molecule has 0 unspecified atom stereocenters. The second-order valence-electron chi connectivity index (χ2n) is 5.57. The third-order valence-corrected chi connectivity index (χ3v) is 3.86. The van der Waals surface area contributed by atoms with Crippen molar-refractivity contribution in [2.45, 2.75) is 37.6 Å². The summed E-state index contributed by atoms with van der Waals surface area (Å²) >= 11 is 0. The van der Waals surface area contributed by atoms with Crippen molar-refractivity contribution in [1.82, 2.24) is 0 Å². The summed E-state index contributed by atoms with van der Waals surface area (Å²) in [6.45, 7) is 1.47. The van der Waals surface area contributed by atoms with Gasteiger partial charge < -0.3 is 39.4 Å². The summed E-state index contributed by atoms with van der Waals surface area (Å²) < 4.78 is 15.6. The Morgan fingerprint density at radius 1 is 1.08 bits per heavy atom. The van der Waals surface area contributed by atoms with Crippen LogP contribution in [0.25, 0.3) is 11.0 Å². The highest BCUT2D eigenvalue weighted by Crippen LogP contribution is 2.30. The summed E-state index contributed by atoms with van der Waals surface area (Å²) in [4.78, 5) is 12.4. The summed E-state index contributed by atoms with van der Waals surface area (Å²) in [6.07, 6.45) is -5.75. The predicted molar refractivity (Wildman–Crippen MR) is 78.8 cm³/mol. The van der Waals surface area contributed by atoms with Crippen LogP contribution in [0.3, 0.4) is 0 Å². The molecule has 9 heteroatoms. The topological polar surface area (TPSA) is 150 Å². The first kappa shape index (κ1) is 16.5. The van der Waals surface area contributed by atoms with Crippen molar-refractivity contribution in [2.75, 3.05) is 0 Å². The molecule has 1 aliphatic rings. The fourth-order valence-electron chi connectivity index (χ4n) is 2.52.